The SMILES string of the molecule is COc1cc(F)c(F)c(CC(C)(C)N)c1O. The van der Waals surface area contributed by atoms with E-state index in [1.807, 2.05) is 0 Å². The van der Waals surface area contributed by atoms with Gasteiger partial charge in [-0.1, -0.05) is 0 Å². The largest absolute Gasteiger partial charge is 0.504 e. The third-order valence-electron chi connectivity index (χ3n) is 2.10. The molecule has 0 aliphatic carbocycles. The maximum absolute atomic E-state index is 13.5. The van der Waals surface area contributed by atoms with Crippen molar-refractivity contribution in [3.05, 3.63) is 23.3 Å². The van der Waals surface area contributed by atoms with Crippen LogP contribution in [0.3, 0.4) is 0 Å². The van der Waals surface area contributed by atoms with Crippen molar-refractivity contribution in [3.8, 4) is 11.5 Å². The Labute approximate surface area is 92.8 Å². The van der Waals surface area contributed by atoms with Crippen LogP contribution >= 0.6 is 0 Å². The number of halogens is 2. The van der Waals surface area contributed by atoms with Gasteiger partial charge < -0.3 is 15.6 Å². The maximum Gasteiger partial charge on any atom is 0.166 e. The summed E-state index contributed by atoms with van der Waals surface area (Å²) in [5, 5.41) is 9.67. The topological polar surface area (TPSA) is 55.5 Å². The van der Waals surface area contributed by atoms with E-state index in [-0.39, 0.29) is 17.7 Å². The van der Waals surface area contributed by atoms with Gasteiger partial charge in [0.25, 0.3) is 0 Å². The van der Waals surface area contributed by atoms with E-state index in [0.29, 0.717) is 0 Å². The lowest BCUT2D eigenvalue weighted by Crippen LogP contribution is -2.34. The zero-order chi connectivity index (χ0) is 12.5. The monoisotopic (exact) mass is 231 g/mol. The van der Waals surface area contributed by atoms with Crippen LogP contribution in [-0.4, -0.2) is 17.8 Å². The number of ether oxygens (including phenoxy) is 1. The van der Waals surface area contributed by atoms with Crippen LogP contribution in [0.2, 0.25) is 0 Å². The van der Waals surface area contributed by atoms with Crippen molar-refractivity contribution >= 4 is 0 Å². The van der Waals surface area contributed by atoms with Crippen molar-refractivity contribution in [2.75, 3.05) is 7.11 Å². The van der Waals surface area contributed by atoms with Gasteiger partial charge in [-0.3, -0.25) is 0 Å². The van der Waals surface area contributed by atoms with Gasteiger partial charge in [-0.25, -0.2) is 8.78 Å². The van der Waals surface area contributed by atoms with Crippen LogP contribution in [0.25, 0.3) is 0 Å². The molecule has 1 rings (SSSR count). The first kappa shape index (κ1) is 12.7. The fourth-order valence-electron chi connectivity index (χ4n) is 1.42. The van der Waals surface area contributed by atoms with E-state index in [2.05, 4.69) is 0 Å². The molecule has 0 saturated heterocycles. The molecular weight excluding hydrogens is 216 g/mol. The third-order valence-corrected chi connectivity index (χ3v) is 2.10. The van der Waals surface area contributed by atoms with Crippen LogP contribution in [0.5, 0.6) is 11.5 Å². The molecule has 3 nitrogen and oxygen atoms in total. The average Bonchev–Trinajstić information content (AvgIpc) is 2.17. The first-order chi connectivity index (χ1) is 7.26. The van der Waals surface area contributed by atoms with Gasteiger partial charge in [0.2, 0.25) is 0 Å². The highest BCUT2D eigenvalue weighted by atomic mass is 19.2. The summed E-state index contributed by atoms with van der Waals surface area (Å²) in [4.78, 5) is 0. The Morgan fingerprint density at radius 3 is 2.44 bits per heavy atom. The van der Waals surface area contributed by atoms with Crippen molar-refractivity contribution in [1.82, 2.24) is 0 Å². The highest BCUT2D eigenvalue weighted by molar-refractivity contribution is 5.47. The molecular formula is C11H15F2NO2. The molecule has 5 heteroatoms. The van der Waals surface area contributed by atoms with E-state index in [0.717, 1.165) is 6.07 Å². The molecule has 0 aliphatic rings. The van der Waals surface area contributed by atoms with Crippen LogP contribution in [0.4, 0.5) is 8.78 Å². The minimum atomic E-state index is -1.09. The summed E-state index contributed by atoms with van der Waals surface area (Å²) < 4.78 is 31.4. The Kier molecular flexibility index (Phi) is 3.38. The van der Waals surface area contributed by atoms with Gasteiger partial charge in [0.05, 0.1) is 7.11 Å². The highest BCUT2D eigenvalue weighted by Crippen LogP contribution is 2.35. The second-order valence-electron chi connectivity index (χ2n) is 4.37. The molecule has 0 radical (unpaired) electrons. The third kappa shape index (κ3) is 2.61. The second kappa shape index (κ2) is 4.25. The van der Waals surface area contributed by atoms with E-state index >= 15 is 0 Å². The number of phenols is 1. The van der Waals surface area contributed by atoms with Gasteiger partial charge in [0, 0.05) is 17.2 Å². The molecule has 1 aromatic rings. The summed E-state index contributed by atoms with van der Waals surface area (Å²) in [6, 6.07) is 0.803. The normalized spacial score (nSPS) is 11.6. The lowest BCUT2D eigenvalue weighted by molar-refractivity contribution is 0.354. The molecule has 0 heterocycles. The zero-order valence-corrected chi connectivity index (χ0v) is 9.47. The minimum absolute atomic E-state index is 0.0127. The van der Waals surface area contributed by atoms with E-state index < -0.39 is 22.9 Å². The molecule has 0 saturated carbocycles. The van der Waals surface area contributed by atoms with Gasteiger partial charge in [0.1, 0.15) is 0 Å². The molecule has 0 aromatic heterocycles. The fraction of sp³-hybridized carbons (Fsp3) is 0.455. The van der Waals surface area contributed by atoms with Crippen LogP contribution in [-0.2, 0) is 6.42 Å². The molecule has 3 N–H and O–H groups in total. The maximum atomic E-state index is 13.5. The van der Waals surface area contributed by atoms with Gasteiger partial charge in [0.15, 0.2) is 23.1 Å². The molecule has 90 valence electrons. The van der Waals surface area contributed by atoms with Crippen molar-refractivity contribution in [2.45, 2.75) is 25.8 Å². The van der Waals surface area contributed by atoms with Crippen molar-refractivity contribution in [2.24, 2.45) is 5.73 Å². The van der Waals surface area contributed by atoms with Gasteiger partial charge in [-0.05, 0) is 20.3 Å². The summed E-state index contributed by atoms with van der Waals surface area (Å²) in [5.41, 5.74) is 4.79. The number of aromatic hydroxyl groups is 1. The number of benzene rings is 1. The number of phenolic OH excluding ortho intramolecular Hbond substituents is 1. The Morgan fingerprint density at radius 1 is 1.44 bits per heavy atom. The van der Waals surface area contributed by atoms with E-state index in [9.17, 15) is 13.9 Å². The van der Waals surface area contributed by atoms with Gasteiger partial charge >= 0.3 is 0 Å². The second-order valence-corrected chi connectivity index (χ2v) is 4.37. The summed E-state index contributed by atoms with van der Waals surface area (Å²) >= 11 is 0. The highest BCUT2D eigenvalue weighted by Gasteiger charge is 2.23. The zero-order valence-electron chi connectivity index (χ0n) is 9.47. The molecule has 0 aliphatic heterocycles. The van der Waals surface area contributed by atoms with Crippen LogP contribution in [0, 0.1) is 11.6 Å². The van der Waals surface area contributed by atoms with Gasteiger partial charge in [-0.15, -0.1) is 0 Å². The van der Waals surface area contributed by atoms with E-state index in [1.54, 1.807) is 13.8 Å². The standard InChI is InChI=1S/C11H15F2NO2/c1-11(2,14)5-6-9(13)7(12)4-8(16-3)10(6)15/h4,15H,5,14H2,1-3H3. The Balaban J connectivity index is 3.30. The molecule has 0 fully saturated rings. The summed E-state index contributed by atoms with van der Waals surface area (Å²) in [6.45, 7) is 3.31. The van der Waals surface area contributed by atoms with Crippen molar-refractivity contribution < 1.29 is 18.6 Å². The summed E-state index contributed by atoms with van der Waals surface area (Å²) in [6.07, 6.45) is 0.0127. The molecule has 16 heavy (non-hydrogen) atoms. The minimum Gasteiger partial charge on any atom is -0.504 e. The predicted octanol–water partition coefficient (Wildman–Crippen LogP) is 1.96. The Morgan fingerprint density at radius 2 is 2.00 bits per heavy atom. The van der Waals surface area contributed by atoms with Crippen LogP contribution in [0.15, 0.2) is 6.07 Å². The first-order valence-electron chi connectivity index (χ1n) is 4.79. The average molecular weight is 231 g/mol. The number of hydrogen-bond donors (Lipinski definition) is 2. The number of methoxy groups -OCH3 is 1. The smallest absolute Gasteiger partial charge is 0.166 e. The number of hydrogen-bond acceptors (Lipinski definition) is 3. The van der Waals surface area contributed by atoms with Crippen molar-refractivity contribution in [3.63, 3.8) is 0 Å². The van der Waals surface area contributed by atoms with Crippen molar-refractivity contribution in [1.29, 1.82) is 0 Å². The quantitative estimate of drug-likeness (QED) is 0.836. The number of nitrogens with two attached hydrogens (primary N) is 1. The molecule has 1 aromatic carbocycles. The molecule has 0 spiro atoms. The summed E-state index contributed by atoms with van der Waals surface area (Å²) in [5.74, 6) is -2.65. The molecule has 0 atom stereocenters. The predicted molar refractivity (Wildman–Crippen MR) is 56.5 cm³/mol. The van der Waals surface area contributed by atoms with Crippen LogP contribution < -0.4 is 10.5 Å². The Bertz CT molecular complexity index is 400. The molecule has 0 amide bonds. The number of rotatable bonds is 3. The summed E-state index contributed by atoms with van der Waals surface area (Å²) in [7, 11) is 1.27. The van der Waals surface area contributed by atoms with E-state index in [1.165, 1.54) is 7.11 Å². The lowest BCUT2D eigenvalue weighted by atomic mass is 9.95. The lowest BCUT2D eigenvalue weighted by Gasteiger charge is -2.20. The van der Waals surface area contributed by atoms with Crippen LogP contribution in [0.1, 0.15) is 19.4 Å². The molecule has 0 bridgehead atoms. The van der Waals surface area contributed by atoms with Gasteiger partial charge in [-0.2, -0.15) is 0 Å². The fourth-order valence-corrected chi connectivity index (χ4v) is 1.42. The Hall–Kier alpha value is -1.36. The van der Waals surface area contributed by atoms with E-state index in [4.69, 9.17) is 10.5 Å². The first-order valence-corrected chi connectivity index (χ1v) is 4.79. The molecule has 0 unspecified atom stereocenters.